The molecule has 0 saturated carbocycles. The number of anilines is 1. The molecule has 27 heavy (non-hydrogen) atoms. The molecule has 4 rings (SSSR count). The van der Waals surface area contributed by atoms with E-state index in [1.807, 2.05) is 6.07 Å². The summed E-state index contributed by atoms with van der Waals surface area (Å²) in [7, 11) is -3.13. The number of hydrogen-bond acceptors (Lipinski definition) is 6. The van der Waals surface area contributed by atoms with Gasteiger partial charge in [-0.3, -0.25) is 9.59 Å². The Bertz CT molecular complexity index is 921. The summed E-state index contributed by atoms with van der Waals surface area (Å²) in [5, 5.41) is 0.313. The Morgan fingerprint density at radius 1 is 1.30 bits per heavy atom. The van der Waals surface area contributed by atoms with E-state index in [4.69, 9.17) is 4.74 Å². The molecule has 0 bridgehead atoms. The van der Waals surface area contributed by atoms with Crippen LogP contribution in [0.4, 0.5) is 5.69 Å². The molecule has 0 aromatic heterocycles. The first-order valence-electron chi connectivity index (χ1n) is 8.85. The highest BCUT2D eigenvalue weighted by atomic mass is 32.2. The molecule has 3 aliphatic rings. The minimum atomic E-state index is -3.13. The van der Waals surface area contributed by atoms with Crippen molar-refractivity contribution in [2.45, 2.75) is 37.2 Å². The van der Waals surface area contributed by atoms with Gasteiger partial charge in [0, 0.05) is 23.1 Å². The number of thioether (sulfide) groups is 1. The molecule has 0 radical (unpaired) electrons. The average molecular weight is 409 g/mol. The summed E-state index contributed by atoms with van der Waals surface area (Å²) in [6, 6.07) is 6.71. The molecular formula is C18H20N2O5S2. The second-order valence-electron chi connectivity index (χ2n) is 7.01. The van der Waals surface area contributed by atoms with E-state index in [0.29, 0.717) is 29.4 Å². The van der Waals surface area contributed by atoms with Crippen molar-refractivity contribution in [1.29, 1.82) is 0 Å². The summed E-state index contributed by atoms with van der Waals surface area (Å²) in [5.74, 6) is -0.320. The highest BCUT2D eigenvalue weighted by Gasteiger charge is 2.49. The van der Waals surface area contributed by atoms with Crippen LogP contribution in [0.3, 0.4) is 0 Å². The molecule has 7 nitrogen and oxygen atoms in total. The van der Waals surface area contributed by atoms with Gasteiger partial charge in [-0.25, -0.2) is 8.42 Å². The van der Waals surface area contributed by atoms with E-state index < -0.39 is 15.9 Å². The Morgan fingerprint density at radius 3 is 2.81 bits per heavy atom. The number of rotatable bonds is 3. The summed E-state index contributed by atoms with van der Waals surface area (Å²) < 4.78 is 29.6. The van der Waals surface area contributed by atoms with Crippen molar-refractivity contribution in [2.24, 2.45) is 4.99 Å². The number of benzene rings is 1. The Kier molecular flexibility index (Phi) is 4.85. The van der Waals surface area contributed by atoms with E-state index in [1.165, 1.54) is 18.7 Å². The first kappa shape index (κ1) is 18.6. The fraction of sp³-hybridized carbons (Fsp3) is 0.500. The van der Waals surface area contributed by atoms with E-state index >= 15 is 0 Å². The van der Waals surface area contributed by atoms with Gasteiger partial charge in [-0.05, 0) is 31.9 Å². The number of sulfone groups is 1. The maximum Gasteiger partial charge on any atom is 0.277 e. The molecular weight excluding hydrogens is 388 g/mol. The summed E-state index contributed by atoms with van der Waals surface area (Å²) >= 11 is 1.32. The maximum atomic E-state index is 12.5. The lowest BCUT2D eigenvalue weighted by molar-refractivity contribution is -0.126. The van der Waals surface area contributed by atoms with Crippen molar-refractivity contribution < 1.29 is 22.7 Å². The molecule has 3 heterocycles. The van der Waals surface area contributed by atoms with Gasteiger partial charge in [0.25, 0.3) is 5.91 Å². The number of carbonyl (C=O) groups excluding carboxylic acids is 2. The zero-order valence-corrected chi connectivity index (χ0v) is 16.5. The molecule has 3 fully saturated rings. The van der Waals surface area contributed by atoms with Crippen LogP contribution in [0.1, 0.15) is 30.1 Å². The van der Waals surface area contributed by atoms with Crippen LogP contribution in [0, 0.1) is 0 Å². The summed E-state index contributed by atoms with van der Waals surface area (Å²) in [6.07, 6.45) is 0.969. The third-order valence-electron chi connectivity index (χ3n) is 5.01. The summed E-state index contributed by atoms with van der Waals surface area (Å²) in [6.45, 7) is 2.04. The van der Waals surface area contributed by atoms with Crippen LogP contribution in [0.2, 0.25) is 0 Å². The van der Waals surface area contributed by atoms with E-state index in [9.17, 15) is 18.0 Å². The van der Waals surface area contributed by atoms with E-state index in [1.54, 1.807) is 23.1 Å². The van der Waals surface area contributed by atoms with Crippen molar-refractivity contribution in [1.82, 2.24) is 0 Å². The number of fused-ring (bicyclic) bond motifs is 1. The molecule has 1 amide bonds. The van der Waals surface area contributed by atoms with E-state index in [0.717, 1.165) is 6.42 Å². The van der Waals surface area contributed by atoms with Gasteiger partial charge in [0.15, 0.2) is 20.8 Å². The van der Waals surface area contributed by atoms with Crippen LogP contribution in [0.5, 0.6) is 0 Å². The number of carbonyl (C=O) groups is 2. The van der Waals surface area contributed by atoms with Crippen molar-refractivity contribution in [2.75, 3.05) is 23.0 Å². The molecule has 0 spiro atoms. The number of amidine groups is 1. The number of aliphatic imine (C=N–C) groups is 1. The van der Waals surface area contributed by atoms with Crippen LogP contribution in [0.15, 0.2) is 29.3 Å². The summed E-state index contributed by atoms with van der Waals surface area (Å²) in [5.41, 5.74) is 1.21. The first-order chi connectivity index (χ1) is 12.8. The van der Waals surface area contributed by atoms with E-state index in [-0.39, 0.29) is 34.5 Å². The highest BCUT2D eigenvalue weighted by molar-refractivity contribution is 8.16. The molecule has 144 valence electrons. The van der Waals surface area contributed by atoms with Crippen LogP contribution in [-0.4, -0.2) is 60.8 Å². The molecule has 0 N–H and O–H groups in total. The molecule has 3 aliphatic heterocycles. The molecule has 0 unspecified atom stereocenters. The Labute approximate surface area is 162 Å². The van der Waals surface area contributed by atoms with Crippen LogP contribution in [0.25, 0.3) is 0 Å². The Balaban J connectivity index is 1.71. The fourth-order valence-electron chi connectivity index (χ4n) is 3.68. The van der Waals surface area contributed by atoms with Gasteiger partial charge in [0.1, 0.15) is 6.10 Å². The normalized spacial score (nSPS) is 30.6. The van der Waals surface area contributed by atoms with Gasteiger partial charge < -0.3 is 9.64 Å². The second-order valence-corrected chi connectivity index (χ2v) is 10.4. The fourth-order valence-corrected chi connectivity index (χ4v) is 7.60. The molecule has 1 aromatic carbocycles. The first-order valence-corrected chi connectivity index (χ1v) is 11.6. The minimum absolute atomic E-state index is 0.0160. The number of ether oxygens (including phenoxy) is 1. The van der Waals surface area contributed by atoms with Crippen molar-refractivity contribution in [3.05, 3.63) is 29.8 Å². The lowest BCUT2D eigenvalue weighted by Gasteiger charge is -2.25. The lowest BCUT2D eigenvalue weighted by Crippen LogP contribution is -2.38. The van der Waals surface area contributed by atoms with Gasteiger partial charge in [-0.1, -0.05) is 23.9 Å². The van der Waals surface area contributed by atoms with Crippen molar-refractivity contribution >= 4 is 44.1 Å². The van der Waals surface area contributed by atoms with Crippen LogP contribution >= 0.6 is 11.8 Å². The zero-order valence-electron chi connectivity index (χ0n) is 14.8. The number of hydrogen-bond donors (Lipinski definition) is 0. The minimum Gasteiger partial charge on any atom is -0.368 e. The van der Waals surface area contributed by atoms with Gasteiger partial charge >= 0.3 is 0 Å². The largest absolute Gasteiger partial charge is 0.368 e. The molecule has 1 aromatic rings. The standard InChI is InChI=1S/C18H20N2O5S2/c1-11(21)12-4-2-5-13(8-12)20-14-9-27(23,24)10-16(14)26-18(20)19-17(22)15-6-3-7-25-15/h2,4-5,8,14-16H,3,6-7,9-10H2,1H3/t14-,15+,16-/m0/s1. The SMILES string of the molecule is CC(=O)c1cccc(N2C(=NC(=O)[C@H]3CCCO3)S[C@H]3CS(=O)(=O)C[C@@H]32)c1. The predicted molar refractivity (Wildman–Crippen MR) is 104 cm³/mol. The smallest absolute Gasteiger partial charge is 0.277 e. The lowest BCUT2D eigenvalue weighted by atomic mass is 10.1. The molecule has 0 aliphatic carbocycles. The third kappa shape index (κ3) is 3.68. The number of nitrogens with zero attached hydrogens (tertiary/aromatic N) is 2. The highest BCUT2D eigenvalue weighted by Crippen LogP contribution is 2.41. The third-order valence-corrected chi connectivity index (χ3v) is 8.22. The number of amides is 1. The Hall–Kier alpha value is -1.71. The van der Waals surface area contributed by atoms with Crippen LogP contribution in [-0.2, 0) is 19.4 Å². The Morgan fingerprint density at radius 2 is 2.11 bits per heavy atom. The van der Waals surface area contributed by atoms with Gasteiger partial charge in [0.2, 0.25) is 0 Å². The number of Topliss-reactive ketones (excluding diaryl/α,β-unsaturated/α-hetero) is 1. The zero-order chi connectivity index (χ0) is 19.2. The topological polar surface area (TPSA) is 93.1 Å². The number of ketones is 1. The molecule has 3 atom stereocenters. The van der Waals surface area contributed by atoms with Crippen molar-refractivity contribution in [3.63, 3.8) is 0 Å². The van der Waals surface area contributed by atoms with Gasteiger partial charge in [0.05, 0.1) is 17.5 Å². The van der Waals surface area contributed by atoms with E-state index in [2.05, 4.69) is 4.99 Å². The van der Waals surface area contributed by atoms with Gasteiger partial charge in [-0.2, -0.15) is 4.99 Å². The predicted octanol–water partition coefficient (Wildman–Crippen LogP) is 1.67. The molecule has 3 saturated heterocycles. The maximum absolute atomic E-state index is 12.5. The van der Waals surface area contributed by atoms with Gasteiger partial charge in [-0.15, -0.1) is 0 Å². The molecule has 9 heteroatoms. The van der Waals surface area contributed by atoms with Crippen LogP contribution < -0.4 is 4.90 Å². The van der Waals surface area contributed by atoms with Crippen molar-refractivity contribution in [3.8, 4) is 0 Å². The average Bonchev–Trinajstić information content (AvgIpc) is 3.29. The monoisotopic (exact) mass is 408 g/mol. The quantitative estimate of drug-likeness (QED) is 0.702. The second kappa shape index (κ2) is 7.03. The summed E-state index contributed by atoms with van der Waals surface area (Å²) in [4.78, 5) is 30.3.